The third-order valence-electron chi connectivity index (χ3n) is 4.33. The number of benzene rings is 1. The van der Waals surface area contributed by atoms with Crippen LogP contribution in [-0.4, -0.2) is 12.1 Å². The van der Waals surface area contributed by atoms with Crippen LogP contribution in [0.3, 0.4) is 0 Å². The van der Waals surface area contributed by atoms with Crippen molar-refractivity contribution in [3.63, 3.8) is 0 Å². The standard InChI is InChI=1S/C19H26O2/c1-15(18(20)21-17-12-8-5-9-13-17)14-19(2,3)16-10-6-4-7-11-16/h4,6-7,10-11,17H,1,5,8-9,12-14H2,2-3H3. The van der Waals surface area contributed by atoms with Crippen LogP contribution in [0.1, 0.15) is 57.9 Å². The van der Waals surface area contributed by atoms with Crippen molar-refractivity contribution < 1.29 is 9.53 Å². The predicted octanol–water partition coefficient (Wildman–Crippen LogP) is 4.79. The number of hydrogen-bond donors (Lipinski definition) is 0. The molecule has 0 amide bonds. The molecule has 0 atom stereocenters. The first-order valence-corrected chi connectivity index (χ1v) is 7.93. The molecule has 1 saturated carbocycles. The molecule has 0 spiro atoms. The maximum absolute atomic E-state index is 12.2. The second kappa shape index (κ2) is 6.93. The zero-order chi connectivity index (χ0) is 15.3. The van der Waals surface area contributed by atoms with Crippen LogP contribution in [-0.2, 0) is 14.9 Å². The minimum atomic E-state index is -0.217. The van der Waals surface area contributed by atoms with Gasteiger partial charge in [0, 0.05) is 5.57 Å². The first-order valence-electron chi connectivity index (χ1n) is 7.93. The summed E-state index contributed by atoms with van der Waals surface area (Å²) in [5, 5.41) is 0. The molecule has 0 radical (unpaired) electrons. The van der Waals surface area contributed by atoms with Crippen LogP contribution in [0.25, 0.3) is 0 Å². The van der Waals surface area contributed by atoms with Crippen molar-refractivity contribution in [1.29, 1.82) is 0 Å². The first kappa shape index (κ1) is 15.8. The van der Waals surface area contributed by atoms with E-state index in [1.165, 1.54) is 24.8 Å². The molecule has 1 fully saturated rings. The predicted molar refractivity (Wildman–Crippen MR) is 86.2 cm³/mol. The molecule has 1 aromatic carbocycles. The highest BCUT2D eigenvalue weighted by atomic mass is 16.5. The third-order valence-corrected chi connectivity index (χ3v) is 4.33. The molecule has 1 aliphatic rings. The van der Waals surface area contributed by atoms with E-state index in [-0.39, 0.29) is 17.5 Å². The average Bonchev–Trinajstić information content (AvgIpc) is 2.48. The van der Waals surface area contributed by atoms with E-state index in [4.69, 9.17) is 4.74 Å². The Balaban J connectivity index is 1.92. The fourth-order valence-electron chi connectivity index (χ4n) is 3.01. The highest BCUT2D eigenvalue weighted by Crippen LogP contribution is 2.30. The highest BCUT2D eigenvalue weighted by Gasteiger charge is 2.26. The summed E-state index contributed by atoms with van der Waals surface area (Å²) in [4.78, 5) is 12.2. The van der Waals surface area contributed by atoms with Crippen molar-refractivity contribution in [2.75, 3.05) is 0 Å². The Morgan fingerprint density at radius 1 is 1.19 bits per heavy atom. The van der Waals surface area contributed by atoms with Gasteiger partial charge < -0.3 is 4.74 Å². The maximum atomic E-state index is 12.2. The number of esters is 1. The maximum Gasteiger partial charge on any atom is 0.333 e. The summed E-state index contributed by atoms with van der Waals surface area (Å²) in [7, 11) is 0. The largest absolute Gasteiger partial charge is 0.459 e. The molecule has 1 aliphatic carbocycles. The van der Waals surface area contributed by atoms with Crippen molar-refractivity contribution in [3.8, 4) is 0 Å². The lowest BCUT2D eigenvalue weighted by Gasteiger charge is -2.27. The molecule has 21 heavy (non-hydrogen) atoms. The second-order valence-electron chi connectivity index (χ2n) is 6.70. The molecule has 2 rings (SSSR count). The van der Waals surface area contributed by atoms with E-state index in [0.717, 1.165) is 12.8 Å². The van der Waals surface area contributed by atoms with Gasteiger partial charge in [-0.1, -0.05) is 57.2 Å². The molecule has 114 valence electrons. The summed E-state index contributed by atoms with van der Waals surface area (Å²) >= 11 is 0. The van der Waals surface area contributed by atoms with Gasteiger partial charge in [0.25, 0.3) is 0 Å². The van der Waals surface area contributed by atoms with Gasteiger partial charge in [-0.3, -0.25) is 0 Å². The van der Waals surface area contributed by atoms with E-state index in [2.05, 4.69) is 32.6 Å². The van der Waals surface area contributed by atoms with Crippen LogP contribution in [0.15, 0.2) is 42.5 Å². The Morgan fingerprint density at radius 3 is 2.43 bits per heavy atom. The zero-order valence-electron chi connectivity index (χ0n) is 13.2. The molecular formula is C19H26O2. The molecule has 0 heterocycles. The highest BCUT2D eigenvalue weighted by molar-refractivity contribution is 5.88. The van der Waals surface area contributed by atoms with E-state index in [9.17, 15) is 4.79 Å². The van der Waals surface area contributed by atoms with Crippen LogP contribution in [0.5, 0.6) is 0 Å². The van der Waals surface area contributed by atoms with Gasteiger partial charge in [-0.05, 0) is 43.1 Å². The van der Waals surface area contributed by atoms with Crippen molar-refractivity contribution in [2.45, 2.75) is 63.9 Å². The zero-order valence-corrected chi connectivity index (χ0v) is 13.2. The van der Waals surface area contributed by atoms with Crippen LogP contribution in [0.4, 0.5) is 0 Å². The normalized spacial score (nSPS) is 16.5. The smallest absolute Gasteiger partial charge is 0.333 e. The Hall–Kier alpha value is -1.57. The van der Waals surface area contributed by atoms with Gasteiger partial charge in [0.2, 0.25) is 0 Å². The Kier molecular flexibility index (Phi) is 5.22. The fraction of sp³-hybridized carbons (Fsp3) is 0.526. The van der Waals surface area contributed by atoms with Gasteiger partial charge in [-0.15, -0.1) is 0 Å². The topological polar surface area (TPSA) is 26.3 Å². The summed E-state index contributed by atoms with van der Waals surface area (Å²) in [6, 6.07) is 10.3. The summed E-state index contributed by atoms with van der Waals surface area (Å²) in [6.45, 7) is 8.24. The number of rotatable bonds is 5. The average molecular weight is 286 g/mol. The quantitative estimate of drug-likeness (QED) is 0.575. The lowest BCUT2D eigenvalue weighted by molar-refractivity contribution is -0.146. The van der Waals surface area contributed by atoms with Gasteiger partial charge in [-0.2, -0.15) is 0 Å². The third kappa shape index (κ3) is 4.45. The van der Waals surface area contributed by atoms with Crippen molar-refractivity contribution in [1.82, 2.24) is 0 Å². The fourth-order valence-corrected chi connectivity index (χ4v) is 3.01. The number of carbonyl (C=O) groups is 1. The van der Waals surface area contributed by atoms with Crippen LogP contribution < -0.4 is 0 Å². The van der Waals surface area contributed by atoms with Gasteiger partial charge in [0.05, 0.1) is 0 Å². The van der Waals surface area contributed by atoms with E-state index in [1.54, 1.807) is 0 Å². The van der Waals surface area contributed by atoms with Crippen molar-refractivity contribution in [3.05, 3.63) is 48.0 Å². The van der Waals surface area contributed by atoms with Crippen molar-refractivity contribution in [2.24, 2.45) is 0 Å². The molecule has 2 heteroatoms. The number of hydrogen-bond acceptors (Lipinski definition) is 2. The van der Waals surface area contributed by atoms with Crippen LogP contribution in [0.2, 0.25) is 0 Å². The lowest BCUT2D eigenvalue weighted by atomic mass is 9.79. The van der Waals surface area contributed by atoms with Gasteiger partial charge in [0.1, 0.15) is 6.10 Å². The summed E-state index contributed by atoms with van der Waals surface area (Å²) in [6.07, 6.45) is 6.32. The van der Waals surface area contributed by atoms with E-state index in [1.807, 2.05) is 18.2 Å². The Morgan fingerprint density at radius 2 is 1.81 bits per heavy atom. The lowest BCUT2D eigenvalue weighted by Crippen LogP contribution is -2.25. The first-order chi connectivity index (χ1) is 9.99. The molecule has 0 N–H and O–H groups in total. The van der Waals surface area contributed by atoms with Crippen LogP contribution in [0, 0.1) is 0 Å². The van der Waals surface area contributed by atoms with E-state index in [0.29, 0.717) is 12.0 Å². The summed E-state index contributed by atoms with van der Waals surface area (Å²) in [5.41, 5.74) is 1.69. The second-order valence-corrected chi connectivity index (χ2v) is 6.70. The molecule has 0 unspecified atom stereocenters. The Bertz CT molecular complexity index is 482. The van der Waals surface area contributed by atoms with Gasteiger partial charge >= 0.3 is 5.97 Å². The molecule has 2 nitrogen and oxygen atoms in total. The SMILES string of the molecule is C=C(CC(C)(C)c1ccccc1)C(=O)OC1CCCCC1. The molecular weight excluding hydrogens is 260 g/mol. The van der Waals surface area contributed by atoms with E-state index >= 15 is 0 Å². The van der Waals surface area contributed by atoms with Crippen LogP contribution >= 0.6 is 0 Å². The minimum absolute atomic E-state index is 0.0998. The van der Waals surface area contributed by atoms with E-state index < -0.39 is 0 Å². The molecule has 0 aromatic heterocycles. The minimum Gasteiger partial charge on any atom is -0.459 e. The molecule has 0 aliphatic heterocycles. The summed E-state index contributed by atoms with van der Waals surface area (Å²) < 4.78 is 5.60. The molecule has 0 bridgehead atoms. The molecule has 1 aromatic rings. The van der Waals surface area contributed by atoms with Crippen molar-refractivity contribution >= 4 is 5.97 Å². The number of carbonyl (C=O) groups excluding carboxylic acids is 1. The monoisotopic (exact) mass is 286 g/mol. The molecule has 0 saturated heterocycles. The van der Waals surface area contributed by atoms with Gasteiger partial charge in [0.15, 0.2) is 0 Å². The van der Waals surface area contributed by atoms with Gasteiger partial charge in [-0.25, -0.2) is 4.79 Å². The summed E-state index contributed by atoms with van der Waals surface area (Å²) in [5.74, 6) is -0.217. The number of ether oxygens (including phenoxy) is 1. The Labute approximate surface area is 128 Å².